The molecule has 2 heterocycles. The maximum atomic E-state index is 5.95. The number of hydrogen-bond donors (Lipinski definition) is 2. The Labute approximate surface area is 181 Å². The third-order valence-corrected chi connectivity index (χ3v) is 5.86. The quantitative estimate of drug-likeness (QED) is 0.473. The van der Waals surface area contributed by atoms with Crippen LogP contribution < -0.4 is 15.4 Å². The molecule has 1 aromatic carbocycles. The number of hydrogen-bond acceptors (Lipinski definition) is 5. The van der Waals surface area contributed by atoms with Gasteiger partial charge in [-0.25, -0.2) is 0 Å². The molecule has 0 amide bonds. The van der Waals surface area contributed by atoms with E-state index < -0.39 is 0 Å². The molecule has 0 spiro atoms. The van der Waals surface area contributed by atoms with Gasteiger partial charge in [-0.15, -0.1) is 0 Å². The van der Waals surface area contributed by atoms with E-state index in [4.69, 9.17) is 14.2 Å². The zero-order valence-electron chi connectivity index (χ0n) is 18.8. The maximum Gasteiger partial charge on any atom is 0.191 e. The molecule has 2 N–H and O–H groups in total. The molecule has 0 saturated carbocycles. The van der Waals surface area contributed by atoms with Crippen LogP contribution in [0.2, 0.25) is 0 Å². The first-order valence-electron chi connectivity index (χ1n) is 11.3. The summed E-state index contributed by atoms with van der Waals surface area (Å²) in [6.45, 7) is 11.8. The van der Waals surface area contributed by atoms with Crippen molar-refractivity contribution in [3.05, 3.63) is 29.3 Å². The highest BCUT2D eigenvalue weighted by atomic mass is 16.5. The van der Waals surface area contributed by atoms with Gasteiger partial charge < -0.3 is 24.8 Å². The van der Waals surface area contributed by atoms with Crippen LogP contribution in [-0.2, 0) is 16.0 Å². The van der Waals surface area contributed by atoms with E-state index in [1.807, 2.05) is 7.05 Å². The summed E-state index contributed by atoms with van der Waals surface area (Å²) in [6.07, 6.45) is 2.12. The van der Waals surface area contributed by atoms with Crippen LogP contribution in [0.4, 0.5) is 0 Å². The molecule has 2 atom stereocenters. The smallest absolute Gasteiger partial charge is 0.191 e. The van der Waals surface area contributed by atoms with E-state index in [0.717, 1.165) is 82.8 Å². The minimum Gasteiger partial charge on any atom is -0.493 e. The molecule has 0 radical (unpaired) electrons. The summed E-state index contributed by atoms with van der Waals surface area (Å²) in [4.78, 5) is 6.98. The summed E-state index contributed by atoms with van der Waals surface area (Å²) < 4.78 is 17.2. The van der Waals surface area contributed by atoms with E-state index >= 15 is 0 Å². The summed E-state index contributed by atoms with van der Waals surface area (Å²) in [5.41, 5.74) is 2.35. The number of rotatable bonds is 9. The lowest BCUT2D eigenvalue weighted by Gasteiger charge is -2.37. The van der Waals surface area contributed by atoms with Crippen LogP contribution in [0.3, 0.4) is 0 Å². The van der Waals surface area contributed by atoms with E-state index in [-0.39, 0.29) is 0 Å². The number of guanidine groups is 1. The van der Waals surface area contributed by atoms with Gasteiger partial charge in [0.05, 0.1) is 26.4 Å². The fourth-order valence-corrected chi connectivity index (χ4v) is 4.11. The summed E-state index contributed by atoms with van der Waals surface area (Å²) in [5, 5.41) is 7.00. The van der Waals surface area contributed by atoms with Crippen molar-refractivity contribution >= 4 is 5.96 Å². The molecule has 1 aromatic rings. The Hall–Kier alpha value is -1.83. The monoisotopic (exact) mass is 418 g/mol. The van der Waals surface area contributed by atoms with Crippen LogP contribution in [-0.4, -0.2) is 76.6 Å². The van der Waals surface area contributed by atoms with E-state index in [2.05, 4.69) is 52.6 Å². The molecule has 0 aromatic heterocycles. The van der Waals surface area contributed by atoms with Crippen LogP contribution >= 0.6 is 0 Å². The Kier molecular flexibility index (Phi) is 9.24. The molecule has 0 aliphatic carbocycles. The van der Waals surface area contributed by atoms with Crippen molar-refractivity contribution < 1.29 is 14.2 Å². The average Bonchev–Trinajstić information content (AvgIpc) is 3.30. The molecule has 7 heteroatoms. The normalized spacial score (nSPS) is 21.4. The van der Waals surface area contributed by atoms with Gasteiger partial charge in [0.15, 0.2) is 5.96 Å². The summed E-state index contributed by atoms with van der Waals surface area (Å²) in [6, 6.07) is 6.79. The molecule has 0 bridgehead atoms. The van der Waals surface area contributed by atoms with Crippen LogP contribution in [0.25, 0.3) is 0 Å². The van der Waals surface area contributed by atoms with Gasteiger partial charge in [0.1, 0.15) is 5.75 Å². The Morgan fingerprint density at radius 2 is 2.07 bits per heavy atom. The van der Waals surface area contributed by atoms with Gasteiger partial charge in [-0.05, 0) is 31.4 Å². The standard InChI is InChI=1S/C23H38N4O3/c1-4-10-30-22-14-18(2)5-6-19(22)15-25-23(24-3)26-16-21(20-7-11-29-17-20)27-8-12-28-13-9-27/h5-6,14,20-21H,4,7-13,15-17H2,1-3H3,(H2,24,25,26). The third-order valence-electron chi connectivity index (χ3n) is 5.86. The fourth-order valence-electron chi connectivity index (χ4n) is 4.11. The Bertz CT molecular complexity index is 670. The summed E-state index contributed by atoms with van der Waals surface area (Å²) in [5.74, 6) is 2.32. The second kappa shape index (κ2) is 12.1. The van der Waals surface area contributed by atoms with Crippen molar-refractivity contribution in [2.45, 2.75) is 39.3 Å². The third kappa shape index (κ3) is 6.59. The number of nitrogens with one attached hydrogen (secondary N) is 2. The number of morpholine rings is 1. The van der Waals surface area contributed by atoms with Crippen LogP contribution in [0.1, 0.15) is 30.9 Å². The highest BCUT2D eigenvalue weighted by Crippen LogP contribution is 2.22. The van der Waals surface area contributed by atoms with Crippen molar-refractivity contribution in [3.63, 3.8) is 0 Å². The van der Waals surface area contributed by atoms with E-state index in [1.165, 1.54) is 5.56 Å². The molecule has 2 saturated heterocycles. The van der Waals surface area contributed by atoms with E-state index in [1.54, 1.807) is 0 Å². The largest absolute Gasteiger partial charge is 0.493 e. The Morgan fingerprint density at radius 3 is 2.77 bits per heavy atom. The Morgan fingerprint density at radius 1 is 1.23 bits per heavy atom. The molecule has 168 valence electrons. The van der Waals surface area contributed by atoms with Crippen molar-refractivity contribution in [1.82, 2.24) is 15.5 Å². The Balaban J connectivity index is 1.57. The molecule has 30 heavy (non-hydrogen) atoms. The van der Waals surface area contributed by atoms with Crippen molar-refractivity contribution in [2.24, 2.45) is 10.9 Å². The maximum absolute atomic E-state index is 5.95. The second-order valence-electron chi connectivity index (χ2n) is 8.11. The molecule has 7 nitrogen and oxygen atoms in total. The number of benzene rings is 1. The topological polar surface area (TPSA) is 67.3 Å². The van der Waals surface area contributed by atoms with Gasteiger partial charge in [-0.3, -0.25) is 9.89 Å². The van der Waals surface area contributed by atoms with Crippen molar-refractivity contribution in [2.75, 3.05) is 59.7 Å². The second-order valence-corrected chi connectivity index (χ2v) is 8.11. The van der Waals surface area contributed by atoms with Gasteiger partial charge in [-0.2, -0.15) is 0 Å². The van der Waals surface area contributed by atoms with Crippen molar-refractivity contribution in [3.8, 4) is 5.75 Å². The summed E-state index contributed by atoms with van der Waals surface area (Å²) >= 11 is 0. The SMILES string of the molecule is CCCOc1cc(C)ccc1CNC(=NC)NCC(C1CCOC1)N1CCOCC1. The van der Waals surface area contributed by atoms with Crippen LogP contribution in [0, 0.1) is 12.8 Å². The van der Waals surface area contributed by atoms with Gasteiger partial charge in [0, 0.05) is 57.4 Å². The number of nitrogens with zero attached hydrogens (tertiary/aromatic N) is 2. The summed E-state index contributed by atoms with van der Waals surface area (Å²) in [7, 11) is 1.82. The lowest BCUT2D eigenvalue weighted by atomic mass is 9.97. The zero-order chi connectivity index (χ0) is 21.2. The number of ether oxygens (including phenoxy) is 3. The predicted molar refractivity (Wildman–Crippen MR) is 120 cm³/mol. The highest BCUT2D eigenvalue weighted by Gasteiger charge is 2.31. The minimum atomic E-state index is 0.428. The molecular weight excluding hydrogens is 380 g/mol. The molecular formula is C23H38N4O3. The highest BCUT2D eigenvalue weighted by molar-refractivity contribution is 5.79. The molecule has 2 aliphatic heterocycles. The first kappa shape index (κ1) is 22.8. The van der Waals surface area contributed by atoms with Gasteiger partial charge >= 0.3 is 0 Å². The fraction of sp³-hybridized carbons (Fsp3) is 0.696. The van der Waals surface area contributed by atoms with Gasteiger partial charge in [0.25, 0.3) is 0 Å². The minimum absolute atomic E-state index is 0.428. The van der Waals surface area contributed by atoms with E-state index in [0.29, 0.717) is 18.5 Å². The number of aryl methyl sites for hydroxylation is 1. The molecule has 2 unspecified atom stereocenters. The lowest BCUT2D eigenvalue weighted by Crippen LogP contribution is -2.53. The number of aliphatic imine (C=N–C) groups is 1. The lowest BCUT2D eigenvalue weighted by molar-refractivity contribution is 0.00246. The van der Waals surface area contributed by atoms with Crippen LogP contribution in [0.5, 0.6) is 5.75 Å². The molecule has 2 aliphatic rings. The van der Waals surface area contributed by atoms with Crippen LogP contribution in [0.15, 0.2) is 23.2 Å². The predicted octanol–water partition coefficient (Wildman–Crippen LogP) is 2.19. The molecule has 2 fully saturated rings. The zero-order valence-corrected chi connectivity index (χ0v) is 18.8. The first-order valence-corrected chi connectivity index (χ1v) is 11.3. The van der Waals surface area contributed by atoms with Gasteiger partial charge in [0.2, 0.25) is 0 Å². The van der Waals surface area contributed by atoms with E-state index in [9.17, 15) is 0 Å². The van der Waals surface area contributed by atoms with Crippen molar-refractivity contribution in [1.29, 1.82) is 0 Å². The molecule has 3 rings (SSSR count). The average molecular weight is 419 g/mol. The first-order chi connectivity index (χ1) is 14.7. The van der Waals surface area contributed by atoms with Gasteiger partial charge in [-0.1, -0.05) is 19.1 Å².